The summed E-state index contributed by atoms with van der Waals surface area (Å²) in [6.07, 6.45) is 8.86. The highest BCUT2D eigenvalue weighted by Gasteiger charge is 2.30. The molecule has 5 heterocycles. The SMILES string of the molecule is O=C(C1CCN(c2ncnc3c2sc2ncccc23)CC1)N1CCCCC1. The Balaban J connectivity index is 1.36. The third-order valence-corrected chi connectivity index (χ3v) is 6.92. The van der Waals surface area contributed by atoms with Crippen LogP contribution in [0.2, 0.25) is 0 Å². The highest BCUT2D eigenvalue weighted by Crippen LogP contribution is 2.37. The molecule has 7 heteroatoms. The Morgan fingerprint density at radius 2 is 1.85 bits per heavy atom. The number of carbonyl (C=O) groups is 1. The van der Waals surface area contributed by atoms with Crippen molar-refractivity contribution in [2.24, 2.45) is 5.92 Å². The topological polar surface area (TPSA) is 62.2 Å². The van der Waals surface area contributed by atoms with E-state index in [1.54, 1.807) is 17.7 Å². The lowest BCUT2D eigenvalue weighted by atomic mass is 9.94. The number of aromatic nitrogens is 3. The van der Waals surface area contributed by atoms with Gasteiger partial charge in [-0.1, -0.05) is 0 Å². The van der Waals surface area contributed by atoms with E-state index in [1.807, 2.05) is 12.3 Å². The lowest BCUT2D eigenvalue weighted by Crippen LogP contribution is -2.44. The van der Waals surface area contributed by atoms with E-state index in [0.29, 0.717) is 5.91 Å². The molecule has 5 rings (SSSR count). The van der Waals surface area contributed by atoms with Crippen LogP contribution in [0.3, 0.4) is 0 Å². The van der Waals surface area contributed by atoms with Crippen molar-refractivity contribution in [1.82, 2.24) is 19.9 Å². The second-order valence-corrected chi connectivity index (χ2v) is 8.48. The van der Waals surface area contributed by atoms with Gasteiger partial charge >= 0.3 is 0 Å². The first kappa shape index (κ1) is 16.9. The van der Waals surface area contributed by atoms with Crippen molar-refractivity contribution in [3.63, 3.8) is 0 Å². The summed E-state index contributed by atoms with van der Waals surface area (Å²) in [6.45, 7) is 3.64. The molecule has 0 aliphatic carbocycles. The molecule has 6 nitrogen and oxygen atoms in total. The molecule has 0 radical (unpaired) electrons. The van der Waals surface area contributed by atoms with Gasteiger partial charge in [0, 0.05) is 43.7 Å². The van der Waals surface area contributed by atoms with Gasteiger partial charge in [-0.2, -0.15) is 0 Å². The summed E-state index contributed by atoms with van der Waals surface area (Å²) in [5.74, 6) is 1.53. The Morgan fingerprint density at radius 3 is 2.67 bits per heavy atom. The Morgan fingerprint density at radius 1 is 1.04 bits per heavy atom. The van der Waals surface area contributed by atoms with Gasteiger partial charge < -0.3 is 9.80 Å². The molecule has 3 aromatic rings. The molecule has 0 unspecified atom stereocenters. The van der Waals surface area contributed by atoms with E-state index in [4.69, 9.17) is 0 Å². The van der Waals surface area contributed by atoms with Crippen molar-refractivity contribution in [2.45, 2.75) is 32.1 Å². The van der Waals surface area contributed by atoms with E-state index < -0.39 is 0 Å². The molecule has 0 saturated carbocycles. The van der Waals surface area contributed by atoms with Gasteiger partial charge in [0.1, 0.15) is 17.0 Å². The van der Waals surface area contributed by atoms with Gasteiger partial charge in [0.25, 0.3) is 0 Å². The van der Waals surface area contributed by atoms with Crippen molar-refractivity contribution < 1.29 is 4.79 Å². The Labute approximate surface area is 162 Å². The Bertz CT molecular complexity index is 973. The fourth-order valence-electron chi connectivity index (χ4n) is 4.34. The second kappa shape index (κ2) is 7.03. The molecule has 2 aliphatic heterocycles. The van der Waals surface area contributed by atoms with E-state index in [1.165, 1.54) is 6.42 Å². The number of piperidine rings is 2. The van der Waals surface area contributed by atoms with Crippen LogP contribution in [0.1, 0.15) is 32.1 Å². The predicted molar refractivity (Wildman–Crippen MR) is 108 cm³/mol. The number of hydrogen-bond donors (Lipinski definition) is 0. The summed E-state index contributed by atoms with van der Waals surface area (Å²) in [5.41, 5.74) is 0.986. The number of amides is 1. The zero-order valence-electron chi connectivity index (χ0n) is 15.3. The van der Waals surface area contributed by atoms with Crippen molar-refractivity contribution in [3.8, 4) is 0 Å². The monoisotopic (exact) mass is 381 g/mol. The van der Waals surface area contributed by atoms with Crippen molar-refractivity contribution in [1.29, 1.82) is 0 Å². The maximum atomic E-state index is 12.8. The minimum absolute atomic E-state index is 0.167. The van der Waals surface area contributed by atoms with Crippen molar-refractivity contribution in [2.75, 3.05) is 31.1 Å². The van der Waals surface area contributed by atoms with Gasteiger partial charge in [-0.3, -0.25) is 4.79 Å². The molecule has 140 valence electrons. The van der Waals surface area contributed by atoms with Gasteiger partial charge in [-0.25, -0.2) is 15.0 Å². The van der Waals surface area contributed by atoms with Crippen LogP contribution in [0, 0.1) is 5.92 Å². The molecule has 2 saturated heterocycles. The highest BCUT2D eigenvalue weighted by atomic mass is 32.1. The van der Waals surface area contributed by atoms with E-state index >= 15 is 0 Å². The summed E-state index contributed by atoms with van der Waals surface area (Å²) in [5, 5.41) is 1.09. The molecule has 2 fully saturated rings. The number of anilines is 1. The minimum Gasteiger partial charge on any atom is -0.355 e. The van der Waals surface area contributed by atoms with Crippen LogP contribution >= 0.6 is 11.3 Å². The van der Waals surface area contributed by atoms with Crippen LogP contribution in [-0.4, -0.2) is 51.9 Å². The first-order chi connectivity index (χ1) is 13.3. The maximum absolute atomic E-state index is 12.8. The molecule has 3 aromatic heterocycles. The Hall–Kier alpha value is -2.28. The van der Waals surface area contributed by atoms with E-state index in [0.717, 1.165) is 78.1 Å². The molecular formula is C20H23N5OS. The van der Waals surface area contributed by atoms with Gasteiger partial charge in [0.15, 0.2) is 0 Å². The first-order valence-corrected chi connectivity index (χ1v) is 10.6. The van der Waals surface area contributed by atoms with E-state index in [2.05, 4.69) is 30.8 Å². The number of carbonyl (C=O) groups excluding carboxylic acids is 1. The summed E-state index contributed by atoms with van der Waals surface area (Å²) in [4.78, 5) is 31.8. The average molecular weight is 382 g/mol. The third kappa shape index (κ3) is 3.04. The van der Waals surface area contributed by atoms with E-state index in [9.17, 15) is 4.79 Å². The standard InChI is InChI=1S/C20H23N5OS/c26-20(25-9-2-1-3-10-25)14-6-11-24(12-7-14)18-17-16(22-13-23-18)15-5-4-8-21-19(15)27-17/h4-5,8,13-14H,1-3,6-7,9-12H2. The molecule has 0 aromatic carbocycles. The number of nitrogens with zero attached hydrogens (tertiary/aromatic N) is 5. The molecule has 2 aliphatic rings. The minimum atomic E-state index is 0.167. The molecule has 0 N–H and O–H groups in total. The fraction of sp³-hybridized carbons (Fsp3) is 0.500. The molecule has 1 amide bonds. The molecule has 27 heavy (non-hydrogen) atoms. The van der Waals surface area contributed by atoms with Crippen LogP contribution in [-0.2, 0) is 4.79 Å². The van der Waals surface area contributed by atoms with Gasteiger partial charge in [-0.15, -0.1) is 11.3 Å². The Kier molecular flexibility index (Phi) is 4.39. The van der Waals surface area contributed by atoms with Gasteiger partial charge in [0.05, 0.1) is 10.2 Å². The zero-order valence-corrected chi connectivity index (χ0v) is 16.1. The van der Waals surface area contributed by atoms with Crippen LogP contribution < -0.4 is 4.90 Å². The number of rotatable bonds is 2. The first-order valence-electron chi connectivity index (χ1n) is 9.83. The smallest absolute Gasteiger partial charge is 0.225 e. The zero-order chi connectivity index (χ0) is 18.2. The number of hydrogen-bond acceptors (Lipinski definition) is 6. The number of thiophene rings is 1. The van der Waals surface area contributed by atoms with Crippen LogP contribution in [0.25, 0.3) is 20.4 Å². The third-order valence-electron chi connectivity index (χ3n) is 5.82. The largest absolute Gasteiger partial charge is 0.355 e. The van der Waals surface area contributed by atoms with Crippen molar-refractivity contribution in [3.05, 3.63) is 24.7 Å². The molecular weight excluding hydrogens is 358 g/mol. The summed E-state index contributed by atoms with van der Waals surface area (Å²) in [6, 6.07) is 4.02. The molecule has 0 bridgehead atoms. The second-order valence-electron chi connectivity index (χ2n) is 7.48. The fourth-order valence-corrected chi connectivity index (χ4v) is 5.45. The number of pyridine rings is 1. The number of likely N-dealkylation sites (tertiary alicyclic amines) is 1. The molecule has 0 atom stereocenters. The van der Waals surface area contributed by atoms with Crippen molar-refractivity contribution >= 4 is 43.5 Å². The van der Waals surface area contributed by atoms with Crippen LogP contribution in [0.4, 0.5) is 5.82 Å². The summed E-state index contributed by atoms with van der Waals surface area (Å²) < 4.78 is 1.10. The lowest BCUT2D eigenvalue weighted by Gasteiger charge is -2.36. The maximum Gasteiger partial charge on any atom is 0.225 e. The lowest BCUT2D eigenvalue weighted by molar-refractivity contribution is -0.137. The average Bonchev–Trinajstić information content (AvgIpc) is 3.13. The highest BCUT2D eigenvalue weighted by molar-refractivity contribution is 7.25. The van der Waals surface area contributed by atoms with Gasteiger partial charge in [0.2, 0.25) is 5.91 Å². The molecule has 0 spiro atoms. The normalized spacial score (nSPS) is 19.1. The van der Waals surface area contributed by atoms with E-state index in [-0.39, 0.29) is 5.92 Å². The number of fused-ring (bicyclic) bond motifs is 3. The van der Waals surface area contributed by atoms with Gasteiger partial charge in [-0.05, 0) is 44.2 Å². The van der Waals surface area contributed by atoms with Crippen LogP contribution in [0.15, 0.2) is 24.7 Å². The predicted octanol–water partition coefficient (Wildman–Crippen LogP) is 3.47. The summed E-state index contributed by atoms with van der Waals surface area (Å²) in [7, 11) is 0. The van der Waals surface area contributed by atoms with Crippen LogP contribution in [0.5, 0.6) is 0 Å². The quantitative estimate of drug-likeness (QED) is 0.680. The summed E-state index contributed by atoms with van der Waals surface area (Å²) >= 11 is 1.66.